The number of amides is 1. The first-order valence-electron chi connectivity index (χ1n) is 9.08. The Hall–Kier alpha value is -1.95. The number of methoxy groups -OCH3 is 2. The Morgan fingerprint density at radius 1 is 0.964 bits per heavy atom. The first kappa shape index (κ1) is 22.3. The van der Waals surface area contributed by atoms with E-state index in [1.54, 1.807) is 32.4 Å². The predicted molar refractivity (Wildman–Crippen MR) is 114 cm³/mol. The van der Waals surface area contributed by atoms with E-state index in [0.717, 1.165) is 44.2 Å². The molecular formula is C21H26Cl2N2O3. The summed E-state index contributed by atoms with van der Waals surface area (Å²) in [7, 11) is 3.17. The van der Waals surface area contributed by atoms with Crippen LogP contribution in [0.3, 0.4) is 0 Å². The molecule has 0 unspecified atom stereocenters. The van der Waals surface area contributed by atoms with Crippen LogP contribution in [0.1, 0.15) is 15.9 Å². The number of halogens is 2. The molecule has 0 bridgehead atoms. The van der Waals surface area contributed by atoms with Crippen LogP contribution in [0.15, 0.2) is 42.5 Å². The molecule has 0 atom stereocenters. The number of hydrogen-bond donors (Lipinski definition) is 0. The summed E-state index contributed by atoms with van der Waals surface area (Å²) in [4.78, 5) is 17.1. The van der Waals surface area contributed by atoms with Crippen molar-refractivity contribution in [3.8, 4) is 11.5 Å². The Balaban J connectivity index is 0.00000280. The summed E-state index contributed by atoms with van der Waals surface area (Å²) >= 11 is 5.93. The fourth-order valence-corrected chi connectivity index (χ4v) is 3.35. The maximum absolute atomic E-state index is 12.8. The second-order valence-corrected chi connectivity index (χ2v) is 7.05. The van der Waals surface area contributed by atoms with Gasteiger partial charge in [0.05, 0.1) is 14.2 Å². The van der Waals surface area contributed by atoms with Gasteiger partial charge in [-0.05, 0) is 36.2 Å². The molecule has 3 rings (SSSR count). The van der Waals surface area contributed by atoms with Gasteiger partial charge < -0.3 is 14.4 Å². The van der Waals surface area contributed by atoms with Crippen LogP contribution in [0.25, 0.3) is 0 Å². The van der Waals surface area contributed by atoms with Crippen molar-refractivity contribution in [2.45, 2.75) is 6.42 Å². The Kier molecular flexibility index (Phi) is 8.42. The van der Waals surface area contributed by atoms with Crippen molar-refractivity contribution in [1.29, 1.82) is 0 Å². The molecule has 0 aromatic heterocycles. The molecule has 1 fully saturated rings. The SMILES string of the molecule is COc1cc(OC)cc(C(=O)N2CCN(CCc3ccc(Cl)cc3)CC2)c1.Cl. The van der Waals surface area contributed by atoms with Crippen molar-refractivity contribution in [2.75, 3.05) is 46.9 Å². The lowest BCUT2D eigenvalue weighted by Gasteiger charge is -2.34. The number of hydrogen-bond acceptors (Lipinski definition) is 4. The van der Waals surface area contributed by atoms with Crippen molar-refractivity contribution in [3.05, 3.63) is 58.6 Å². The topological polar surface area (TPSA) is 42.0 Å². The van der Waals surface area contributed by atoms with Crippen LogP contribution in [0, 0.1) is 0 Å². The highest BCUT2D eigenvalue weighted by atomic mass is 35.5. The molecule has 2 aromatic rings. The van der Waals surface area contributed by atoms with E-state index in [2.05, 4.69) is 17.0 Å². The van der Waals surface area contributed by atoms with Gasteiger partial charge in [0.1, 0.15) is 11.5 Å². The highest BCUT2D eigenvalue weighted by molar-refractivity contribution is 6.30. The van der Waals surface area contributed by atoms with Crippen LogP contribution < -0.4 is 9.47 Å². The normalized spacial score (nSPS) is 14.3. The summed E-state index contributed by atoms with van der Waals surface area (Å²) in [5.41, 5.74) is 1.88. The Morgan fingerprint density at radius 3 is 2.07 bits per heavy atom. The highest BCUT2D eigenvalue weighted by Crippen LogP contribution is 2.24. The van der Waals surface area contributed by atoms with Gasteiger partial charge in [0, 0.05) is 49.4 Å². The van der Waals surface area contributed by atoms with Crippen LogP contribution >= 0.6 is 24.0 Å². The quantitative estimate of drug-likeness (QED) is 0.707. The average Bonchev–Trinajstić information content (AvgIpc) is 2.72. The molecule has 1 saturated heterocycles. The maximum Gasteiger partial charge on any atom is 0.254 e. The Labute approximate surface area is 177 Å². The van der Waals surface area contributed by atoms with Crippen LogP contribution in [0.4, 0.5) is 0 Å². The second kappa shape index (κ2) is 10.6. The van der Waals surface area contributed by atoms with E-state index in [9.17, 15) is 4.79 Å². The van der Waals surface area contributed by atoms with Crippen LogP contribution in [0.2, 0.25) is 5.02 Å². The smallest absolute Gasteiger partial charge is 0.254 e. The lowest BCUT2D eigenvalue weighted by Crippen LogP contribution is -2.49. The monoisotopic (exact) mass is 424 g/mol. The lowest BCUT2D eigenvalue weighted by molar-refractivity contribution is 0.0638. The minimum absolute atomic E-state index is 0. The van der Waals surface area contributed by atoms with Crippen LogP contribution in [0.5, 0.6) is 11.5 Å². The Bertz CT molecular complexity index is 753. The van der Waals surface area contributed by atoms with Gasteiger partial charge in [-0.15, -0.1) is 12.4 Å². The first-order chi connectivity index (χ1) is 13.1. The van der Waals surface area contributed by atoms with E-state index in [0.29, 0.717) is 17.1 Å². The summed E-state index contributed by atoms with van der Waals surface area (Å²) in [6.45, 7) is 4.18. The predicted octanol–water partition coefficient (Wildman–Crippen LogP) is 3.78. The first-order valence-corrected chi connectivity index (χ1v) is 9.46. The van der Waals surface area contributed by atoms with E-state index < -0.39 is 0 Å². The molecule has 0 spiro atoms. The molecule has 1 aliphatic heterocycles. The van der Waals surface area contributed by atoms with E-state index in [4.69, 9.17) is 21.1 Å². The molecule has 0 N–H and O–H groups in total. The van der Waals surface area contributed by atoms with Gasteiger partial charge in [0.25, 0.3) is 5.91 Å². The van der Waals surface area contributed by atoms with Crippen molar-refractivity contribution in [3.63, 3.8) is 0 Å². The number of benzene rings is 2. The van der Waals surface area contributed by atoms with E-state index in [1.807, 2.05) is 17.0 Å². The van der Waals surface area contributed by atoms with Crippen LogP contribution in [-0.2, 0) is 6.42 Å². The van der Waals surface area contributed by atoms with E-state index >= 15 is 0 Å². The molecule has 28 heavy (non-hydrogen) atoms. The van der Waals surface area contributed by atoms with Gasteiger partial charge in [0.2, 0.25) is 0 Å². The van der Waals surface area contributed by atoms with Gasteiger partial charge in [-0.25, -0.2) is 0 Å². The minimum Gasteiger partial charge on any atom is -0.497 e. The number of carbonyl (C=O) groups excluding carboxylic acids is 1. The van der Waals surface area contributed by atoms with Gasteiger partial charge >= 0.3 is 0 Å². The van der Waals surface area contributed by atoms with Crippen molar-refractivity contribution < 1.29 is 14.3 Å². The molecule has 7 heteroatoms. The molecule has 0 aliphatic carbocycles. The van der Waals surface area contributed by atoms with Crippen molar-refractivity contribution in [2.24, 2.45) is 0 Å². The fraction of sp³-hybridized carbons (Fsp3) is 0.381. The number of rotatable bonds is 6. The number of ether oxygens (including phenoxy) is 2. The van der Waals surface area contributed by atoms with E-state index in [-0.39, 0.29) is 18.3 Å². The standard InChI is InChI=1S/C21H25ClN2O3.ClH/c1-26-19-13-17(14-20(15-19)27-2)21(25)24-11-9-23(10-12-24)8-7-16-3-5-18(22)6-4-16;/h3-6,13-15H,7-12H2,1-2H3;1H. The summed E-state index contributed by atoms with van der Waals surface area (Å²) in [6, 6.07) is 13.3. The fourth-order valence-electron chi connectivity index (χ4n) is 3.23. The number of carbonyl (C=O) groups is 1. The van der Waals surface area contributed by atoms with Crippen LogP contribution in [-0.4, -0.2) is 62.7 Å². The summed E-state index contributed by atoms with van der Waals surface area (Å²) in [5, 5.41) is 0.764. The third-order valence-corrected chi connectivity index (χ3v) is 5.14. The molecule has 2 aromatic carbocycles. The molecule has 152 valence electrons. The number of piperazine rings is 1. The lowest BCUT2D eigenvalue weighted by atomic mass is 10.1. The van der Waals surface area contributed by atoms with Crippen molar-refractivity contribution >= 4 is 29.9 Å². The van der Waals surface area contributed by atoms with Gasteiger partial charge in [-0.1, -0.05) is 23.7 Å². The maximum atomic E-state index is 12.8. The van der Waals surface area contributed by atoms with Gasteiger partial charge in [-0.3, -0.25) is 9.69 Å². The molecule has 1 aliphatic rings. The summed E-state index contributed by atoms with van der Waals surface area (Å²) < 4.78 is 10.5. The zero-order valence-corrected chi connectivity index (χ0v) is 17.8. The molecule has 0 radical (unpaired) electrons. The zero-order valence-electron chi connectivity index (χ0n) is 16.2. The van der Waals surface area contributed by atoms with Gasteiger partial charge in [0.15, 0.2) is 0 Å². The zero-order chi connectivity index (χ0) is 19.2. The van der Waals surface area contributed by atoms with Crippen molar-refractivity contribution in [1.82, 2.24) is 9.80 Å². The molecule has 0 saturated carbocycles. The largest absolute Gasteiger partial charge is 0.497 e. The number of nitrogens with zero attached hydrogens (tertiary/aromatic N) is 2. The molecule has 5 nitrogen and oxygen atoms in total. The van der Waals surface area contributed by atoms with Gasteiger partial charge in [-0.2, -0.15) is 0 Å². The average molecular weight is 425 g/mol. The summed E-state index contributed by atoms with van der Waals surface area (Å²) in [5.74, 6) is 1.27. The third kappa shape index (κ3) is 5.77. The Morgan fingerprint density at radius 2 is 1.54 bits per heavy atom. The molecule has 1 amide bonds. The molecular weight excluding hydrogens is 399 g/mol. The second-order valence-electron chi connectivity index (χ2n) is 6.61. The highest BCUT2D eigenvalue weighted by Gasteiger charge is 2.23. The minimum atomic E-state index is 0. The summed E-state index contributed by atoms with van der Waals surface area (Å²) in [6.07, 6.45) is 0.984. The third-order valence-electron chi connectivity index (χ3n) is 4.89. The van der Waals surface area contributed by atoms with E-state index in [1.165, 1.54) is 5.56 Å². The molecule has 1 heterocycles.